The van der Waals surface area contributed by atoms with Gasteiger partial charge in [-0.1, -0.05) is 12.5 Å². The van der Waals surface area contributed by atoms with Crippen LogP contribution in [0.2, 0.25) is 0 Å². The number of amides is 2. The van der Waals surface area contributed by atoms with Crippen LogP contribution in [0.1, 0.15) is 19.3 Å². The molecule has 2 N–H and O–H groups in total. The van der Waals surface area contributed by atoms with E-state index in [2.05, 4.69) is 15.4 Å². The molecular formula is C15H17N5O3. The molecule has 0 aromatic carbocycles. The minimum Gasteiger partial charge on any atom is -0.481 e. The molecule has 0 spiro atoms. The standard InChI is InChI=1S/C15H17N5O3/c21-12(22)15-6-3-4-10(15)8-19(9-15)14(23)17-13-16-11-5-1-2-7-20(11)18-13/h1-2,5,7,10H,3-4,6,8-9H2,(H,21,22)(H,17,18,23)/t10-,15+/m0/s1. The van der Waals surface area contributed by atoms with E-state index in [0.717, 1.165) is 12.8 Å². The quantitative estimate of drug-likeness (QED) is 0.873. The van der Waals surface area contributed by atoms with Gasteiger partial charge >= 0.3 is 12.0 Å². The summed E-state index contributed by atoms with van der Waals surface area (Å²) in [7, 11) is 0. The van der Waals surface area contributed by atoms with Crippen molar-refractivity contribution in [2.75, 3.05) is 18.4 Å². The van der Waals surface area contributed by atoms with Gasteiger partial charge in [-0.15, -0.1) is 5.10 Å². The van der Waals surface area contributed by atoms with E-state index in [1.54, 1.807) is 21.7 Å². The van der Waals surface area contributed by atoms with Gasteiger partial charge in [-0.3, -0.25) is 10.1 Å². The molecular weight excluding hydrogens is 298 g/mol. The first-order chi connectivity index (χ1) is 11.1. The number of carboxylic acid groups (broad SMARTS) is 1. The molecule has 120 valence electrons. The Balaban J connectivity index is 1.51. The number of aromatic nitrogens is 3. The summed E-state index contributed by atoms with van der Waals surface area (Å²) in [5, 5.41) is 16.4. The third kappa shape index (κ3) is 2.13. The maximum atomic E-state index is 12.4. The predicted octanol–water partition coefficient (Wildman–Crippen LogP) is 1.45. The lowest BCUT2D eigenvalue weighted by atomic mass is 9.81. The molecule has 1 saturated heterocycles. The highest BCUT2D eigenvalue weighted by Gasteiger charge is 2.55. The Morgan fingerprint density at radius 2 is 2.26 bits per heavy atom. The van der Waals surface area contributed by atoms with Crippen LogP contribution in [-0.4, -0.2) is 49.7 Å². The van der Waals surface area contributed by atoms with Crippen LogP contribution in [0, 0.1) is 11.3 Å². The number of hydrogen-bond acceptors (Lipinski definition) is 4. The number of rotatable bonds is 2. The van der Waals surface area contributed by atoms with Gasteiger partial charge in [0.25, 0.3) is 5.95 Å². The summed E-state index contributed by atoms with van der Waals surface area (Å²) in [4.78, 5) is 29.9. The number of hydrogen-bond donors (Lipinski definition) is 2. The molecule has 1 saturated carbocycles. The van der Waals surface area contributed by atoms with Crippen LogP contribution in [-0.2, 0) is 4.79 Å². The van der Waals surface area contributed by atoms with Crippen molar-refractivity contribution in [2.45, 2.75) is 19.3 Å². The van der Waals surface area contributed by atoms with Gasteiger partial charge < -0.3 is 10.0 Å². The van der Waals surface area contributed by atoms with Gasteiger partial charge in [-0.05, 0) is 30.9 Å². The van der Waals surface area contributed by atoms with Gasteiger partial charge in [-0.2, -0.15) is 4.98 Å². The lowest BCUT2D eigenvalue weighted by Crippen LogP contribution is -2.38. The molecule has 0 bridgehead atoms. The molecule has 2 aromatic heterocycles. The molecule has 0 radical (unpaired) electrons. The van der Waals surface area contributed by atoms with Gasteiger partial charge in [0.1, 0.15) is 0 Å². The largest absolute Gasteiger partial charge is 0.481 e. The third-order valence-corrected chi connectivity index (χ3v) is 5.04. The summed E-state index contributed by atoms with van der Waals surface area (Å²) in [5.74, 6) is -0.524. The molecule has 8 nitrogen and oxygen atoms in total. The number of urea groups is 1. The fraction of sp³-hybridized carbons (Fsp3) is 0.467. The Morgan fingerprint density at radius 3 is 3.00 bits per heavy atom. The molecule has 2 aliphatic rings. The van der Waals surface area contributed by atoms with Crippen LogP contribution in [0.3, 0.4) is 0 Å². The number of carbonyl (C=O) groups excluding carboxylic acids is 1. The second-order valence-corrected chi connectivity index (χ2v) is 6.30. The Hall–Kier alpha value is -2.64. The van der Waals surface area contributed by atoms with E-state index in [1.165, 1.54) is 0 Å². The summed E-state index contributed by atoms with van der Waals surface area (Å²) < 4.78 is 1.58. The summed E-state index contributed by atoms with van der Waals surface area (Å²) in [5.41, 5.74) is -0.132. The van der Waals surface area contributed by atoms with Crippen molar-refractivity contribution in [1.29, 1.82) is 0 Å². The number of aliphatic carboxylic acids is 1. The van der Waals surface area contributed by atoms with Crippen LogP contribution in [0.15, 0.2) is 24.4 Å². The van der Waals surface area contributed by atoms with E-state index < -0.39 is 11.4 Å². The molecule has 2 amide bonds. The van der Waals surface area contributed by atoms with E-state index in [0.29, 0.717) is 18.6 Å². The van der Waals surface area contributed by atoms with Crippen molar-refractivity contribution in [3.05, 3.63) is 24.4 Å². The Labute approximate surface area is 132 Å². The van der Waals surface area contributed by atoms with Crippen LogP contribution < -0.4 is 5.32 Å². The van der Waals surface area contributed by atoms with E-state index in [-0.39, 0.29) is 24.4 Å². The van der Waals surface area contributed by atoms with Gasteiger partial charge in [0.2, 0.25) is 0 Å². The number of pyridine rings is 1. The molecule has 3 heterocycles. The first-order valence-corrected chi connectivity index (χ1v) is 7.69. The van der Waals surface area contributed by atoms with Crippen LogP contribution in [0.25, 0.3) is 5.65 Å². The molecule has 2 aromatic rings. The fourth-order valence-electron chi connectivity index (χ4n) is 3.85. The second kappa shape index (κ2) is 4.94. The maximum absolute atomic E-state index is 12.4. The highest BCUT2D eigenvalue weighted by Crippen LogP contribution is 2.48. The summed E-state index contributed by atoms with van der Waals surface area (Å²) in [6, 6.07) is 5.12. The van der Waals surface area contributed by atoms with Crippen molar-refractivity contribution in [2.24, 2.45) is 11.3 Å². The molecule has 2 fully saturated rings. The molecule has 1 aliphatic heterocycles. The zero-order chi connectivity index (χ0) is 16.0. The van der Waals surface area contributed by atoms with E-state index in [4.69, 9.17) is 0 Å². The van der Waals surface area contributed by atoms with Crippen molar-refractivity contribution >= 4 is 23.6 Å². The van der Waals surface area contributed by atoms with Gasteiger partial charge in [0.05, 0.1) is 5.41 Å². The number of carboxylic acids is 1. The summed E-state index contributed by atoms with van der Waals surface area (Å²) in [6.45, 7) is 0.734. The number of nitrogens with zero attached hydrogens (tertiary/aromatic N) is 4. The highest BCUT2D eigenvalue weighted by atomic mass is 16.4. The van der Waals surface area contributed by atoms with Crippen molar-refractivity contribution in [3.8, 4) is 0 Å². The smallest absolute Gasteiger partial charge is 0.324 e. The second-order valence-electron chi connectivity index (χ2n) is 6.30. The molecule has 4 rings (SSSR count). The molecule has 8 heteroatoms. The summed E-state index contributed by atoms with van der Waals surface area (Å²) in [6.07, 6.45) is 4.17. The van der Waals surface area contributed by atoms with Crippen LogP contribution >= 0.6 is 0 Å². The molecule has 0 unspecified atom stereocenters. The highest BCUT2D eigenvalue weighted by molar-refractivity contribution is 5.89. The Kier molecular flexibility index (Phi) is 3.00. The topological polar surface area (TPSA) is 99.8 Å². The van der Waals surface area contributed by atoms with E-state index in [9.17, 15) is 14.7 Å². The Bertz CT molecular complexity index is 755. The number of fused-ring (bicyclic) bond motifs is 2. The van der Waals surface area contributed by atoms with Gasteiger partial charge in [-0.25, -0.2) is 9.31 Å². The van der Waals surface area contributed by atoms with Crippen LogP contribution in [0.4, 0.5) is 10.7 Å². The SMILES string of the molecule is O=C(Nc1nc2ccccn2n1)N1C[C@@H]2CCC[C@@]2(C(=O)O)C1. The van der Waals surface area contributed by atoms with Crippen molar-refractivity contribution in [3.63, 3.8) is 0 Å². The maximum Gasteiger partial charge on any atom is 0.324 e. The average molecular weight is 315 g/mol. The molecule has 2 atom stereocenters. The lowest BCUT2D eigenvalue weighted by molar-refractivity contribution is -0.149. The average Bonchev–Trinajstić information content (AvgIpc) is 3.18. The lowest BCUT2D eigenvalue weighted by Gasteiger charge is -2.23. The minimum absolute atomic E-state index is 0.0415. The number of anilines is 1. The van der Waals surface area contributed by atoms with Gasteiger partial charge in [0, 0.05) is 19.3 Å². The Morgan fingerprint density at radius 1 is 1.39 bits per heavy atom. The van der Waals surface area contributed by atoms with Crippen LogP contribution in [0.5, 0.6) is 0 Å². The molecule has 23 heavy (non-hydrogen) atoms. The first-order valence-electron chi connectivity index (χ1n) is 7.69. The normalized spacial score (nSPS) is 26.4. The fourth-order valence-corrected chi connectivity index (χ4v) is 3.85. The number of nitrogens with one attached hydrogen (secondary N) is 1. The summed E-state index contributed by atoms with van der Waals surface area (Å²) >= 11 is 0. The zero-order valence-corrected chi connectivity index (χ0v) is 12.5. The van der Waals surface area contributed by atoms with Crippen molar-refractivity contribution in [1.82, 2.24) is 19.5 Å². The number of likely N-dealkylation sites (tertiary alicyclic amines) is 1. The van der Waals surface area contributed by atoms with E-state index >= 15 is 0 Å². The predicted molar refractivity (Wildman–Crippen MR) is 81.0 cm³/mol. The number of carbonyl (C=O) groups is 2. The minimum atomic E-state index is -0.791. The van der Waals surface area contributed by atoms with E-state index in [1.807, 2.05) is 12.1 Å². The zero-order valence-electron chi connectivity index (χ0n) is 12.5. The molecule has 1 aliphatic carbocycles. The van der Waals surface area contributed by atoms with Crippen molar-refractivity contribution < 1.29 is 14.7 Å². The first kappa shape index (κ1) is 14.0. The van der Waals surface area contributed by atoms with Gasteiger partial charge in [0.15, 0.2) is 5.65 Å². The monoisotopic (exact) mass is 315 g/mol. The third-order valence-electron chi connectivity index (χ3n) is 5.04.